The monoisotopic (exact) mass is 254 g/mol. The normalized spacial score (nSPS) is 13.5. The second-order valence-corrected chi connectivity index (χ2v) is 4.90. The van der Waals surface area contributed by atoms with Crippen molar-refractivity contribution in [2.75, 3.05) is 0 Å². The Morgan fingerprint density at radius 2 is 1.53 bits per heavy atom. The van der Waals surface area contributed by atoms with E-state index in [1.165, 1.54) is 12.1 Å². The number of aromatic hydroxyl groups is 2. The standard InChI is InChI=1S/C15H10O4/c16-9-3-7-1-2-8-4-10(17)6-12-14(8)13(7)11(5-9)15(18)19-12/h3-6,16-17H,1-2H2. The molecule has 0 saturated heterocycles. The van der Waals surface area contributed by atoms with E-state index >= 15 is 0 Å². The van der Waals surface area contributed by atoms with Crippen LogP contribution in [0.2, 0.25) is 0 Å². The van der Waals surface area contributed by atoms with Crippen LogP contribution < -0.4 is 5.63 Å². The van der Waals surface area contributed by atoms with Crippen molar-refractivity contribution < 1.29 is 14.6 Å². The third-order valence-electron chi connectivity index (χ3n) is 3.71. The molecular weight excluding hydrogens is 244 g/mol. The largest absolute Gasteiger partial charge is 0.508 e. The summed E-state index contributed by atoms with van der Waals surface area (Å²) in [7, 11) is 0. The lowest BCUT2D eigenvalue weighted by Gasteiger charge is -2.17. The van der Waals surface area contributed by atoms with Crippen LogP contribution in [0.3, 0.4) is 0 Å². The summed E-state index contributed by atoms with van der Waals surface area (Å²) in [5.74, 6) is 0.184. The first kappa shape index (κ1) is 10.4. The van der Waals surface area contributed by atoms with Gasteiger partial charge >= 0.3 is 5.63 Å². The molecular formula is C15H10O4. The molecule has 0 atom stereocenters. The lowest BCUT2D eigenvalue weighted by Crippen LogP contribution is -2.07. The van der Waals surface area contributed by atoms with Gasteiger partial charge in [-0.25, -0.2) is 4.79 Å². The summed E-state index contributed by atoms with van der Waals surface area (Å²) in [4.78, 5) is 12.0. The summed E-state index contributed by atoms with van der Waals surface area (Å²) in [5.41, 5.74) is 1.84. The average molecular weight is 254 g/mol. The maximum Gasteiger partial charge on any atom is 0.344 e. The highest BCUT2D eigenvalue weighted by Gasteiger charge is 2.20. The highest BCUT2D eigenvalue weighted by atomic mass is 16.4. The minimum Gasteiger partial charge on any atom is -0.508 e. The minimum atomic E-state index is -0.488. The highest BCUT2D eigenvalue weighted by Crippen LogP contribution is 2.37. The zero-order valence-corrected chi connectivity index (χ0v) is 9.93. The van der Waals surface area contributed by atoms with Crippen molar-refractivity contribution in [1.29, 1.82) is 0 Å². The zero-order valence-electron chi connectivity index (χ0n) is 9.93. The number of hydrogen-bond acceptors (Lipinski definition) is 4. The van der Waals surface area contributed by atoms with Gasteiger partial charge < -0.3 is 14.6 Å². The van der Waals surface area contributed by atoms with Crippen molar-refractivity contribution in [1.82, 2.24) is 0 Å². The molecule has 4 heteroatoms. The Morgan fingerprint density at radius 1 is 0.895 bits per heavy atom. The number of phenolic OH excluding ortho intramolecular Hbond substituents is 2. The topological polar surface area (TPSA) is 70.7 Å². The molecule has 0 amide bonds. The van der Waals surface area contributed by atoms with E-state index in [-0.39, 0.29) is 11.5 Å². The Balaban J connectivity index is 2.39. The number of aryl methyl sites for hydroxylation is 2. The fourth-order valence-corrected chi connectivity index (χ4v) is 2.98. The first-order valence-electron chi connectivity index (χ1n) is 6.08. The Hall–Kier alpha value is -2.49. The summed E-state index contributed by atoms with van der Waals surface area (Å²) < 4.78 is 5.25. The first-order chi connectivity index (χ1) is 9.13. The molecule has 94 valence electrons. The van der Waals surface area contributed by atoms with Crippen LogP contribution in [0.1, 0.15) is 11.1 Å². The summed E-state index contributed by atoms with van der Waals surface area (Å²) in [6.07, 6.45) is 1.49. The molecule has 1 heterocycles. The fourth-order valence-electron chi connectivity index (χ4n) is 2.98. The van der Waals surface area contributed by atoms with E-state index in [0.717, 1.165) is 34.7 Å². The van der Waals surface area contributed by atoms with Crippen LogP contribution in [0.25, 0.3) is 21.7 Å². The van der Waals surface area contributed by atoms with Crippen LogP contribution >= 0.6 is 0 Å². The maximum absolute atomic E-state index is 12.0. The molecule has 2 aromatic carbocycles. The van der Waals surface area contributed by atoms with Gasteiger partial charge in [0.05, 0.1) is 5.39 Å². The smallest absolute Gasteiger partial charge is 0.344 e. The van der Waals surface area contributed by atoms with Crippen LogP contribution in [0, 0.1) is 0 Å². The Bertz CT molecular complexity index is 906. The van der Waals surface area contributed by atoms with Crippen LogP contribution in [0.5, 0.6) is 11.5 Å². The van der Waals surface area contributed by atoms with E-state index < -0.39 is 5.63 Å². The van der Waals surface area contributed by atoms with E-state index in [0.29, 0.717) is 11.0 Å². The summed E-state index contributed by atoms with van der Waals surface area (Å²) in [5, 5.41) is 21.5. The van der Waals surface area contributed by atoms with Crippen LogP contribution in [-0.2, 0) is 12.8 Å². The van der Waals surface area contributed by atoms with Gasteiger partial charge in [0.1, 0.15) is 17.1 Å². The van der Waals surface area contributed by atoms with Gasteiger partial charge in [0.15, 0.2) is 0 Å². The van der Waals surface area contributed by atoms with Gasteiger partial charge in [-0.3, -0.25) is 0 Å². The van der Waals surface area contributed by atoms with Gasteiger partial charge in [0.2, 0.25) is 0 Å². The molecule has 0 aliphatic heterocycles. The second-order valence-electron chi connectivity index (χ2n) is 4.90. The van der Waals surface area contributed by atoms with Crippen molar-refractivity contribution in [2.45, 2.75) is 12.8 Å². The molecule has 4 rings (SSSR count). The SMILES string of the molecule is O=c1oc2cc(O)cc3c2c2c(cc(O)cc12)CC3. The number of benzene rings is 2. The molecule has 0 saturated carbocycles. The summed E-state index contributed by atoms with van der Waals surface area (Å²) in [6, 6.07) is 6.29. The molecule has 1 aliphatic rings. The molecule has 1 aliphatic carbocycles. The van der Waals surface area contributed by atoms with Crippen LogP contribution in [0.4, 0.5) is 0 Å². The molecule has 2 N–H and O–H groups in total. The van der Waals surface area contributed by atoms with E-state index in [1.54, 1.807) is 12.1 Å². The van der Waals surface area contributed by atoms with Crippen LogP contribution in [0.15, 0.2) is 33.5 Å². The molecule has 0 bridgehead atoms. The van der Waals surface area contributed by atoms with E-state index in [9.17, 15) is 15.0 Å². The van der Waals surface area contributed by atoms with Crippen molar-refractivity contribution >= 4 is 21.7 Å². The van der Waals surface area contributed by atoms with Gasteiger partial charge in [-0.2, -0.15) is 0 Å². The summed E-state index contributed by atoms with van der Waals surface area (Å²) >= 11 is 0. The third kappa shape index (κ3) is 1.31. The Morgan fingerprint density at radius 3 is 2.26 bits per heavy atom. The van der Waals surface area contributed by atoms with Gasteiger partial charge in [-0.05, 0) is 42.2 Å². The number of rotatable bonds is 0. The van der Waals surface area contributed by atoms with E-state index in [1.807, 2.05) is 0 Å². The highest BCUT2D eigenvalue weighted by molar-refractivity contribution is 6.09. The molecule has 1 aromatic heterocycles. The lowest BCUT2D eigenvalue weighted by molar-refractivity contribution is 0.471. The molecule has 4 nitrogen and oxygen atoms in total. The zero-order chi connectivity index (χ0) is 13.1. The molecule has 0 unspecified atom stereocenters. The molecule has 3 aromatic rings. The van der Waals surface area contributed by atoms with Gasteiger partial charge in [-0.1, -0.05) is 0 Å². The van der Waals surface area contributed by atoms with Crippen molar-refractivity contribution in [3.05, 3.63) is 45.8 Å². The predicted octanol–water partition coefficient (Wildman–Crippen LogP) is 2.46. The molecule has 19 heavy (non-hydrogen) atoms. The van der Waals surface area contributed by atoms with Crippen molar-refractivity contribution in [3.8, 4) is 11.5 Å². The predicted molar refractivity (Wildman–Crippen MR) is 70.7 cm³/mol. The quantitative estimate of drug-likeness (QED) is 0.477. The second kappa shape index (κ2) is 3.29. The van der Waals surface area contributed by atoms with Crippen molar-refractivity contribution in [2.24, 2.45) is 0 Å². The Labute approximate surface area is 107 Å². The van der Waals surface area contributed by atoms with Crippen LogP contribution in [-0.4, -0.2) is 10.2 Å². The third-order valence-corrected chi connectivity index (χ3v) is 3.71. The minimum absolute atomic E-state index is 0.0800. The molecule has 0 fully saturated rings. The van der Waals surface area contributed by atoms with E-state index in [2.05, 4.69) is 0 Å². The summed E-state index contributed by atoms with van der Waals surface area (Å²) in [6.45, 7) is 0. The molecule has 0 spiro atoms. The number of phenols is 2. The lowest BCUT2D eigenvalue weighted by atomic mass is 9.88. The maximum atomic E-state index is 12.0. The number of hydrogen-bond donors (Lipinski definition) is 2. The van der Waals surface area contributed by atoms with Gasteiger partial charge in [-0.15, -0.1) is 0 Å². The average Bonchev–Trinajstić information content (AvgIpc) is 2.36. The van der Waals surface area contributed by atoms with Crippen molar-refractivity contribution in [3.63, 3.8) is 0 Å². The molecule has 0 radical (unpaired) electrons. The fraction of sp³-hybridized carbons (Fsp3) is 0.133. The van der Waals surface area contributed by atoms with E-state index in [4.69, 9.17) is 4.42 Å². The van der Waals surface area contributed by atoms with Gasteiger partial charge in [0.25, 0.3) is 0 Å². The first-order valence-corrected chi connectivity index (χ1v) is 6.08. The Kier molecular flexibility index (Phi) is 1.81. The van der Waals surface area contributed by atoms with Gasteiger partial charge in [0, 0.05) is 16.8 Å².